The van der Waals surface area contributed by atoms with Gasteiger partial charge >= 0.3 is 19.8 Å². The zero-order chi connectivity index (χ0) is 44.8. The number of hydrogen-bond donors (Lipinski definition) is 3. The molecule has 0 aromatic carbocycles. The number of carbonyl (C=O) groups is 2. The van der Waals surface area contributed by atoms with Crippen LogP contribution in [0, 0.1) is 0 Å². The van der Waals surface area contributed by atoms with E-state index in [2.05, 4.69) is 123 Å². The monoisotopic (exact) mass is 872 g/mol. The van der Waals surface area contributed by atoms with E-state index in [1.807, 2.05) is 0 Å². The van der Waals surface area contributed by atoms with Gasteiger partial charge in [-0.25, -0.2) is 4.57 Å². The first-order valence-corrected chi connectivity index (χ1v) is 24.4. The molecule has 3 unspecified atom stereocenters. The van der Waals surface area contributed by atoms with Gasteiger partial charge in [0.05, 0.1) is 19.8 Å². The number of carboxylic acids is 1. The highest BCUT2D eigenvalue weighted by Crippen LogP contribution is 2.43. The molecule has 61 heavy (non-hydrogen) atoms. The van der Waals surface area contributed by atoms with E-state index in [0.717, 1.165) is 109 Å². The Balaban J connectivity index is 4.33. The first kappa shape index (κ1) is 57.6. The minimum absolute atomic E-state index is 0.0178. The summed E-state index contributed by atoms with van der Waals surface area (Å²) < 4.78 is 33.4. The van der Waals surface area contributed by atoms with Gasteiger partial charge in [-0.2, -0.15) is 0 Å². The first-order valence-electron chi connectivity index (χ1n) is 22.9. The highest BCUT2D eigenvalue weighted by atomic mass is 31.2. The third-order valence-corrected chi connectivity index (χ3v) is 10.00. The summed E-state index contributed by atoms with van der Waals surface area (Å²) in [5.74, 6) is -1.81. The Morgan fingerprint density at radius 2 is 0.902 bits per heavy atom. The van der Waals surface area contributed by atoms with Crippen LogP contribution in [0.5, 0.6) is 0 Å². The van der Waals surface area contributed by atoms with E-state index < -0.39 is 45.1 Å². The van der Waals surface area contributed by atoms with Crippen molar-refractivity contribution in [1.29, 1.82) is 0 Å². The zero-order valence-electron chi connectivity index (χ0n) is 37.7. The number of allylic oxidation sites excluding steroid dienone is 18. The molecule has 0 heterocycles. The molecule has 0 radical (unpaired) electrons. The van der Waals surface area contributed by atoms with Crippen molar-refractivity contribution in [2.75, 3.05) is 26.4 Å². The van der Waals surface area contributed by atoms with Crippen LogP contribution in [0.1, 0.15) is 155 Å². The van der Waals surface area contributed by atoms with Gasteiger partial charge < -0.3 is 25.2 Å². The summed E-state index contributed by atoms with van der Waals surface area (Å²) in [5, 5.41) is 8.91. The Morgan fingerprint density at radius 3 is 1.34 bits per heavy atom. The quantitative estimate of drug-likeness (QED) is 0.0234. The Hall–Kier alpha value is -3.37. The third-order valence-electron chi connectivity index (χ3n) is 9.05. The van der Waals surface area contributed by atoms with Gasteiger partial charge in [-0.1, -0.05) is 162 Å². The molecule has 0 aliphatic heterocycles. The number of phosphoric ester groups is 1. The number of rotatable bonds is 42. The highest BCUT2D eigenvalue weighted by Gasteiger charge is 2.27. The maximum Gasteiger partial charge on any atom is 0.472 e. The molecule has 3 atom stereocenters. The summed E-state index contributed by atoms with van der Waals surface area (Å²) in [4.78, 5) is 33.6. The minimum Gasteiger partial charge on any atom is -0.480 e. The van der Waals surface area contributed by atoms with E-state index in [1.54, 1.807) is 0 Å². The van der Waals surface area contributed by atoms with Crippen LogP contribution in [0.15, 0.2) is 109 Å². The van der Waals surface area contributed by atoms with Crippen LogP contribution in [0.25, 0.3) is 0 Å². The van der Waals surface area contributed by atoms with E-state index in [9.17, 15) is 19.0 Å². The average molecular weight is 872 g/mol. The molecule has 0 fully saturated rings. The second-order valence-electron chi connectivity index (χ2n) is 14.8. The summed E-state index contributed by atoms with van der Waals surface area (Å²) >= 11 is 0. The number of carboxylic acid groups (broad SMARTS) is 1. The molecule has 0 aromatic heterocycles. The Bertz CT molecular complexity index is 1380. The fraction of sp³-hybridized carbons (Fsp3) is 0.600. The van der Waals surface area contributed by atoms with Crippen LogP contribution in [0.4, 0.5) is 0 Å². The van der Waals surface area contributed by atoms with Gasteiger partial charge in [-0.3, -0.25) is 18.6 Å². The smallest absolute Gasteiger partial charge is 0.472 e. The van der Waals surface area contributed by atoms with Crippen molar-refractivity contribution in [3.8, 4) is 0 Å². The number of hydrogen-bond acceptors (Lipinski definition) is 8. The molecule has 10 nitrogen and oxygen atoms in total. The van der Waals surface area contributed by atoms with Crippen molar-refractivity contribution in [1.82, 2.24) is 0 Å². The maximum absolute atomic E-state index is 12.7. The van der Waals surface area contributed by atoms with Crippen molar-refractivity contribution in [3.63, 3.8) is 0 Å². The normalized spacial score (nSPS) is 14.8. The Labute approximate surface area is 370 Å². The van der Waals surface area contributed by atoms with Crippen LogP contribution in [-0.4, -0.2) is 60.5 Å². The summed E-state index contributed by atoms with van der Waals surface area (Å²) in [6.07, 6.45) is 60.0. The lowest BCUT2D eigenvalue weighted by Gasteiger charge is -2.20. The predicted octanol–water partition coefficient (Wildman–Crippen LogP) is 13.1. The Morgan fingerprint density at radius 1 is 0.525 bits per heavy atom. The van der Waals surface area contributed by atoms with Crippen LogP contribution in [0.2, 0.25) is 0 Å². The molecule has 0 bridgehead atoms. The highest BCUT2D eigenvalue weighted by molar-refractivity contribution is 7.47. The first-order chi connectivity index (χ1) is 29.7. The molecule has 0 aliphatic rings. The van der Waals surface area contributed by atoms with Crippen LogP contribution < -0.4 is 5.73 Å². The maximum atomic E-state index is 12.7. The Kier molecular flexibility index (Phi) is 42.2. The second-order valence-corrected chi connectivity index (χ2v) is 16.2. The minimum atomic E-state index is -4.64. The van der Waals surface area contributed by atoms with Crippen molar-refractivity contribution in [3.05, 3.63) is 109 Å². The van der Waals surface area contributed by atoms with Gasteiger partial charge in [-0.15, -0.1) is 0 Å². The van der Waals surface area contributed by atoms with Crippen molar-refractivity contribution in [2.45, 2.75) is 167 Å². The molecule has 0 saturated heterocycles. The van der Waals surface area contributed by atoms with Crippen LogP contribution in [-0.2, 0) is 32.7 Å². The molecule has 346 valence electrons. The average Bonchev–Trinajstić information content (AvgIpc) is 3.24. The molecule has 0 aliphatic carbocycles. The zero-order valence-corrected chi connectivity index (χ0v) is 38.6. The number of nitrogens with two attached hydrogens (primary N) is 1. The molecular weight excluding hydrogens is 790 g/mol. The van der Waals surface area contributed by atoms with Gasteiger partial charge in [-0.05, 0) is 96.3 Å². The fourth-order valence-corrected chi connectivity index (χ4v) is 6.34. The summed E-state index contributed by atoms with van der Waals surface area (Å²) in [7, 11) is -4.64. The summed E-state index contributed by atoms with van der Waals surface area (Å²) in [6, 6.07) is -1.49. The molecule has 0 rings (SSSR count). The van der Waals surface area contributed by atoms with Gasteiger partial charge in [0.25, 0.3) is 0 Å². The molecule has 0 saturated carbocycles. The van der Waals surface area contributed by atoms with Gasteiger partial charge in [0.1, 0.15) is 12.1 Å². The number of phosphoric acid groups is 1. The van der Waals surface area contributed by atoms with Crippen LogP contribution >= 0.6 is 7.82 Å². The largest absolute Gasteiger partial charge is 0.480 e. The number of esters is 1. The van der Waals surface area contributed by atoms with Crippen molar-refractivity contribution >= 4 is 19.8 Å². The molecule has 11 heteroatoms. The molecular formula is C50H82NO9P. The van der Waals surface area contributed by atoms with Crippen molar-refractivity contribution < 1.29 is 42.7 Å². The standard InChI is InChI=1S/C50H82NO9P/c1-3-5-7-9-11-13-15-17-19-21-22-23-24-25-27-29-31-33-35-37-39-41-43-57-44-47(45-58-61(55,56)59-46-48(51)50(53)54)60-49(52)42-40-38-36-34-32-30-28-26-20-18-16-14-12-10-8-6-4-2/h5-8,11-14,17-20,22-23,25,27,31,33,47-48H,3-4,9-10,15-16,21,24,26,28-30,32,34-46,51H2,1-2H3,(H,53,54)(H,55,56)/b7-5-,8-6-,13-11-,14-12-,19-17-,20-18-,23-22-,27-25-,33-31-. The molecule has 0 spiro atoms. The number of carbonyl (C=O) groups excluding carboxylic acids is 1. The lowest BCUT2D eigenvalue weighted by atomic mass is 10.1. The van der Waals surface area contributed by atoms with E-state index in [1.165, 1.54) is 19.3 Å². The summed E-state index contributed by atoms with van der Waals surface area (Å²) in [5.41, 5.74) is 5.36. The van der Waals surface area contributed by atoms with E-state index in [0.29, 0.717) is 13.0 Å². The summed E-state index contributed by atoms with van der Waals surface area (Å²) in [6.45, 7) is 3.54. The lowest BCUT2D eigenvalue weighted by Crippen LogP contribution is -2.34. The number of ether oxygens (including phenoxy) is 2. The van der Waals surface area contributed by atoms with E-state index in [4.69, 9.17) is 29.4 Å². The lowest BCUT2D eigenvalue weighted by molar-refractivity contribution is -0.154. The SMILES string of the molecule is CC/C=C\C/C=C\C/C=C\C/C=C\C/C=C\C/C=C\CCCCCOCC(COP(=O)(O)OCC(N)C(=O)O)OC(=O)CCCCCCCCC/C=C\C/C=C\C/C=C\CC. The second kappa shape index (κ2) is 44.7. The molecule has 0 amide bonds. The van der Waals surface area contributed by atoms with Gasteiger partial charge in [0.2, 0.25) is 0 Å². The van der Waals surface area contributed by atoms with Crippen LogP contribution in [0.3, 0.4) is 0 Å². The number of unbranched alkanes of at least 4 members (excludes halogenated alkanes) is 10. The third kappa shape index (κ3) is 44.5. The fourth-order valence-electron chi connectivity index (χ4n) is 5.56. The van der Waals surface area contributed by atoms with E-state index >= 15 is 0 Å². The topological polar surface area (TPSA) is 155 Å². The molecule has 4 N–H and O–H groups in total. The predicted molar refractivity (Wildman–Crippen MR) is 253 cm³/mol. The van der Waals surface area contributed by atoms with E-state index in [-0.39, 0.29) is 13.0 Å². The van der Waals surface area contributed by atoms with Gasteiger partial charge in [0, 0.05) is 13.0 Å². The van der Waals surface area contributed by atoms with Crippen molar-refractivity contribution in [2.24, 2.45) is 5.73 Å². The van der Waals surface area contributed by atoms with Gasteiger partial charge in [0.15, 0.2) is 0 Å². The molecule has 0 aromatic rings. The number of aliphatic carboxylic acids is 1.